The molecule has 2 fully saturated rings. The average molecular weight is 365 g/mol. The van der Waals surface area contributed by atoms with Gasteiger partial charge in [-0.3, -0.25) is 4.79 Å². The van der Waals surface area contributed by atoms with Crippen LogP contribution in [0.2, 0.25) is 0 Å². The van der Waals surface area contributed by atoms with E-state index < -0.39 is 21.7 Å². The molecule has 1 atom stereocenters. The third-order valence-electron chi connectivity index (χ3n) is 4.97. The maximum atomic E-state index is 14.3. The van der Waals surface area contributed by atoms with E-state index in [1.54, 1.807) is 23.1 Å². The largest absolute Gasteiger partial charge is 0.332 e. The number of nitriles is 1. The van der Waals surface area contributed by atoms with Crippen molar-refractivity contribution in [2.24, 2.45) is 5.92 Å². The molecule has 3 rings (SSSR count). The molecule has 134 valence electrons. The standard InChI is InChI=1S/C17H20FN3O3S/c18-15-4-2-1-3-14(15)16-11-20(12-19)7-8-21(16)17(22)13-5-9-25(23,24)10-6-13/h1-4,13,16H,5-11H2. The Morgan fingerprint density at radius 1 is 1.20 bits per heavy atom. The van der Waals surface area contributed by atoms with E-state index in [4.69, 9.17) is 5.26 Å². The van der Waals surface area contributed by atoms with Crippen LogP contribution >= 0.6 is 0 Å². The molecule has 2 saturated heterocycles. The molecular weight excluding hydrogens is 345 g/mol. The lowest BCUT2D eigenvalue weighted by molar-refractivity contribution is -0.140. The molecule has 1 aromatic carbocycles. The summed E-state index contributed by atoms with van der Waals surface area (Å²) < 4.78 is 37.4. The number of amides is 1. The van der Waals surface area contributed by atoms with Gasteiger partial charge in [0.1, 0.15) is 15.7 Å². The van der Waals surface area contributed by atoms with E-state index in [1.165, 1.54) is 11.0 Å². The molecular formula is C17H20FN3O3S. The number of nitrogens with zero attached hydrogens (tertiary/aromatic N) is 3. The quantitative estimate of drug-likeness (QED) is 0.738. The second-order valence-corrected chi connectivity index (χ2v) is 8.84. The number of piperazine rings is 1. The fourth-order valence-corrected chi connectivity index (χ4v) is 5.01. The van der Waals surface area contributed by atoms with Crippen LogP contribution in [0, 0.1) is 23.2 Å². The zero-order valence-corrected chi connectivity index (χ0v) is 14.6. The van der Waals surface area contributed by atoms with Crippen LogP contribution in [0.5, 0.6) is 0 Å². The first-order chi connectivity index (χ1) is 11.9. The maximum Gasteiger partial charge on any atom is 0.226 e. The molecule has 6 nitrogen and oxygen atoms in total. The van der Waals surface area contributed by atoms with Crippen molar-refractivity contribution in [1.82, 2.24) is 9.80 Å². The van der Waals surface area contributed by atoms with E-state index in [0.29, 0.717) is 31.5 Å². The van der Waals surface area contributed by atoms with Gasteiger partial charge in [0, 0.05) is 24.6 Å². The summed E-state index contributed by atoms with van der Waals surface area (Å²) in [6.07, 6.45) is 2.68. The highest BCUT2D eigenvalue weighted by Gasteiger charge is 2.38. The lowest BCUT2D eigenvalue weighted by atomic mass is 9.96. The molecule has 0 N–H and O–H groups in total. The normalized spacial score (nSPS) is 23.9. The molecule has 25 heavy (non-hydrogen) atoms. The molecule has 0 aliphatic carbocycles. The van der Waals surface area contributed by atoms with Crippen molar-refractivity contribution in [2.45, 2.75) is 18.9 Å². The third kappa shape index (κ3) is 3.76. The highest BCUT2D eigenvalue weighted by molar-refractivity contribution is 7.91. The van der Waals surface area contributed by atoms with E-state index in [2.05, 4.69) is 6.19 Å². The summed E-state index contributed by atoms with van der Waals surface area (Å²) in [6, 6.07) is 5.73. The smallest absolute Gasteiger partial charge is 0.226 e. The van der Waals surface area contributed by atoms with E-state index in [-0.39, 0.29) is 29.9 Å². The van der Waals surface area contributed by atoms with E-state index in [0.717, 1.165) is 0 Å². The zero-order chi connectivity index (χ0) is 18.0. The maximum absolute atomic E-state index is 14.3. The van der Waals surface area contributed by atoms with Gasteiger partial charge in [-0.05, 0) is 18.9 Å². The number of carbonyl (C=O) groups is 1. The molecule has 0 saturated carbocycles. The topological polar surface area (TPSA) is 81.5 Å². The van der Waals surface area contributed by atoms with Crippen molar-refractivity contribution < 1.29 is 17.6 Å². The molecule has 2 heterocycles. The molecule has 0 aromatic heterocycles. The van der Waals surface area contributed by atoms with Crippen molar-refractivity contribution in [3.8, 4) is 6.19 Å². The summed E-state index contributed by atoms with van der Waals surface area (Å²) >= 11 is 0. The summed E-state index contributed by atoms with van der Waals surface area (Å²) in [7, 11) is -3.05. The Hall–Kier alpha value is -2.14. The molecule has 0 spiro atoms. The number of rotatable bonds is 2. The summed E-state index contributed by atoms with van der Waals surface area (Å²) in [5.41, 5.74) is 0.388. The van der Waals surface area contributed by atoms with Crippen LogP contribution in [0.1, 0.15) is 24.4 Å². The van der Waals surface area contributed by atoms with E-state index in [9.17, 15) is 17.6 Å². The Kier molecular flexibility index (Phi) is 4.95. The van der Waals surface area contributed by atoms with Crippen LogP contribution in [-0.4, -0.2) is 55.3 Å². The van der Waals surface area contributed by atoms with Gasteiger partial charge in [0.2, 0.25) is 5.91 Å². The summed E-state index contributed by atoms with van der Waals surface area (Å²) in [6.45, 7) is 0.973. The molecule has 1 unspecified atom stereocenters. The van der Waals surface area contributed by atoms with Crippen molar-refractivity contribution in [1.29, 1.82) is 5.26 Å². The van der Waals surface area contributed by atoms with Crippen molar-refractivity contribution in [3.63, 3.8) is 0 Å². The monoisotopic (exact) mass is 365 g/mol. The number of sulfone groups is 1. The summed E-state index contributed by atoms with van der Waals surface area (Å²) in [5, 5.41) is 9.17. The highest BCUT2D eigenvalue weighted by Crippen LogP contribution is 2.31. The minimum atomic E-state index is -3.05. The first-order valence-electron chi connectivity index (χ1n) is 8.31. The van der Waals surface area contributed by atoms with Crippen LogP contribution in [0.15, 0.2) is 24.3 Å². The van der Waals surface area contributed by atoms with E-state index in [1.807, 2.05) is 0 Å². The Balaban J connectivity index is 1.84. The van der Waals surface area contributed by atoms with Gasteiger partial charge in [-0.25, -0.2) is 12.8 Å². The molecule has 1 amide bonds. The SMILES string of the molecule is N#CN1CCN(C(=O)C2CCS(=O)(=O)CC2)C(c2ccccc2F)C1. The molecule has 2 aliphatic rings. The Morgan fingerprint density at radius 3 is 2.52 bits per heavy atom. The Labute approximate surface area is 146 Å². The fraction of sp³-hybridized carbons (Fsp3) is 0.529. The van der Waals surface area contributed by atoms with Gasteiger partial charge in [-0.2, -0.15) is 5.26 Å². The van der Waals surface area contributed by atoms with Crippen LogP contribution in [0.4, 0.5) is 4.39 Å². The average Bonchev–Trinajstić information content (AvgIpc) is 2.61. The number of carbonyl (C=O) groups excluding carboxylic acids is 1. The van der Waals surface area contributed by atoms with Crippen LogP contribution in [0.25, 0.3) is 0 Å². The molecule has 0 radical (unpaired) electrons. The number of hydrogen-bond donors (Lipinski definition) is 0. The molecule has 1 aromatic rings. The van der Waals surface area contributed by atoms with Gasteiger partial charge in [0.05, 0.1) is 24.1 Å². The summed E-state index contributed by atoms with van der Waals surface area (Å²) in [5.74, 6) is -0.860. The lowest BCUT2D eigenvalue weighted by Crippen LogP contribution is -2.51. The zero-order valence-electron chi connectivity index (χ0n) is 13.8. The summed E-state index contributed by atoms with van der Waals surface area (Å²) in [4.78, 5) is 16.1. The predicted molar refractivity (Wildman–Crippen MR) is 89.4 cm³/mol. The predicted octanol–water partition coefficient (Wildman–Crippen LogP) is 1.32. The third-order valence-corrected chi connectivity index (χ3v) is 6.69. The van der Waals surface area contributed by atoms with Crippen LogP contribution in [-0.2, 0) is 14.6 Å². The first-order valence-corrected chi connectivity index (χ1v) is 10.1. The van der Waals surface area contributed by atoms with Crippen LogP contribution < -0.4 is 0 Å². The Morgan fingerprint density at radius 2 is 1.88 bits per heavy atom. The van der Waals surface area contributed by atoms with E-state index >= 15 is 0 Å². The molecule has 8 heteroatoms. The molecule has 0 bridgehead atoms. The van der Waals surface area contributed by atoms with Crippen molar-refractivity contribution in [2.75, 3.05) is 31.1 Å². The Bertz CT molecular complexity index is 792. The number of hydrogen-bond acceptors (Lipinski definition) is 5. The number of benzene rings is 1. The van der Waals surface area contributed by atoms with Crippen molar-refractivity contribution in [3.05, 3.63) is 35.6 Å². The van der Waals surface area contributed by atoms with Gasteiger partial charge in [0.25, 0.3) is 0 Å². The van der Waals surface area contributed by atoms with Gasteiger partial charge in [-0.1, -0.05) is 18.2 Å². The fourth-order valence-electron chi connectivity index (χ4n) is 3.52. The minimum Gasteiger partial charge on any atom is -0.332 e. The van der Waals surface area contributed by atoms with Crippen molar-refractivity contribution >= 4 is 15.7 Å². The van der Waals surface area contributed by atoms with Gasteiger partial charge in [-0.15, -0.1) is 0 Å². The van der Waals surface area contributed by atoms with Crippen LogP contribution in [0.3, 0.4) is 0 Å². The van der Waals surface area contributed by atoms with Gasteiger partial charge >= 0.3 is 0 Å². The minimum absolute atomic E-state index is 0.0198. The second kappa shape index (κ2) is 7.00. The van der Waals surface area contributed by atoms with Gasteiger partial charge in [0.15, 0.2) is 6.19 Å². The highest BCUT2D eigenvalue weighted by atomic mass is 32.2. The number of halogens is 1. The second-order valence-electron chi connectivity index (χ2n) is 6.54. The molecule has 2 aliphatic heterocycles. The van der Waals surface area contributed by atoms with Gasteiger partial charge < -0.3 is 9.80 Å². The lowest BCUT2D eigenvalue weighted by Gasteiger charge is -2.41. The first kappa shape index (κ1) is 17.7.